The normalized spacial score (nSPS) is 19.9. The monoisotopic (exact) mass is 367 g/mol. The lowest BCUT2D eigenvalue weighted by atomic mass is 9.79. The number of rotatable bonds is 8. The SMILES string of the molecule is CCOC(=O)C(CCc1ccccc1)(NC1CCC(F)(F)CC1)C(C)C. The Morgan fingerprint density at radius 3 is 2.42 bits per heavy atom. The first-order chi connectivity index (χ1) is 12.3. The van der Waals surface area contributed by atoms with E-state index in [-0.39, 0.29) is 30.8 Å². The molecule has 1 unspecified atom stereocenters. The summed E-state index contributed by atoms with van der Waals surface area (Å²) in [6.45, 7) is 6.09. The molecule has 146 valence electrons. The zero-order chi connectivity index (χ0) is 19.2. The molecule has 1 fully saturated rings. The van der Waals surface area contributed by atoms with Crippen LogP contribution in [0.15, 0.2) is 30.3 Å². The fourth-order valence-electron chi connectivity index (χ4n) is 3.72. The second-order valence-electron chi connectivity index (χ2n) is 7.61. The lowest BCUT2D eigenvalue weighted by Crippen LogP contribution is -2.61. The average Bonchev–Trinajstić information content (AvgIpc) is 2.61. The van der Waals surface area contributed by atoms with E-state index in [1.165, 1.54) is 0 Å². The van der Waals surface area contributed by atoms with Gasteiger partial charge in [-0.25, -0.2) is 8.78 Å². The zero-order valence-electron chi connectivity index (χ0n) is 16.1. The molecule has 0 spiro atoms. The molecule has 1 saturated carbocycles. The molecule has 1 aromatic rings. The van der Waals surface area contributed by atoms with Crippen LogP contribution in [0.25, 0.3) is 0 Å². The van der Waals surface area contributed by atoms with Gasteiger partial charge in [0.05, 0.1) is 6.61 Å². The molecule has 0 heterocycles. The van der Waals surface area contributed by atoms with Gasteiger partial charge in [-0.3, -0.25) is 10.1 Å². The third-order valence-corrected chi connectivity index (χ3v) is 5.45. The lowest BCUT2D eigenvalue weighted by molar-refractivity contribution is -0.155. The van der Waals surface area contributed by atoms with Gasteiger partial charge >= 0.3 is 5.97 Å². The van der Waals surface area contributed by atoms with Crippen LogP contribution in [0.4, 0.5) is 8.78 Å². The van der Waals surface area contributed by atoms with Gasteiger partial charge in [-0.15, -0.1) is 0 Å². The molecule has 1 aromatic carbocycles. The van der Waals surface area contributed by atoms with Crippen molar-refractivity contribution in [1.29, 1.82) is 0 Å². The van der Waals surface area contributed by atoms with E-state index < -0.39 is 11.5 Å². The van der Waals surface area contributed by atoms with E-state index in [1.54, 1.807) is 6.92 Å². The number of carbonyl (C=O) groups excluding carboxylic acids is 1. The van der Waals surface area contributed by atoms with E-state index in [4.69, 9.17) is 4.74 Å². The van der Waals surface area contributed by atoms with E-state index in [0.717, 1.165) is 12.0 Å². The van der Waals surface area contributed by atoms with Crippen LogP contribution in [0.1, 0.15) is 58.4 Å². The third kappa shape index (κ3) is 5.26. The number of carbonyl (C=O) groups is 1. The summed E-state index contributed by atoms with van der Waals surface area (Å²) in [6.07, 6.45) is 1.83. The summed E-state index contributed by atoms with van der Waals surface area (Å²) in [5.41, 5.74) is 0.294. The summed E-state index contributed by atoms with van der Waals surface area (Å²) in [4.78, 5) is 12.9. The number of esters is 1. The van der Waals surface area contributed by atoms with Crippen LogP contribution < -0.4 is 5.32 Å². The van der Waals surface area contributed by atoms with Crippen molar-refractivity contribution in [3.05, 3.63) is 35.9 Å². The number of nitrogens with one attached hydrogen (secondary N) is 1. The quantitative estimate of drug-likeness (QED) is 0.674. The standard InChI is InChI=1S/C21H31F2NO2/c1-4-26-19(25)21(16(2)3,15-10-17-8-6-5-7-9-17)24-18-11-13-20(22,23)14-12-18/h5-9,16,18,24H,4,10-15H2,1-3H3. The van der Waals surface area contributed by atoms with Gasteiger partial charge in [0.15, 0.2) is 0 Å². The fourth-order valence-corrected chi connectivity index (χ4v) is 3.72. The molecule has 0 bridgehead atoms. The summed E-state index contributed by atoms with van der Waals surface area (Å²) >= 11 is 0. The molecule has 2 rings (SSSR count). The number of halogens is 2. The predicted molar refractivity (Wildman–Crippen MR) is 99.3 cm³/mol. The highest BCUT2D eigenvalue weighted by atomic mass is 19.3. The Bertz CT molecular complexity index is 567. The summed E-state index contributed by atoms with van der Waals surface area (Å²) in [5.74, 6) is -2.86. The largest absolute Gasteiger partial charge is 0.465 e. The number of ether oxygens (including phenoxy) is 1. The lowest BCUT2D eigenvalue weighted by Gasteiger charge is -2.41. The first kappa shape index (κ1) is 20.8. The van der Waals surface area contributed by atoms with E-state index in [2.05, 4.69) is 5.32 Å². The first-order valence-electron chi connectivity index (χ1n) is 9.66. The van der Waals surface area contributed by atoms with Gasteiger partial charge in [0.25, 0.3) is 0 Å². The zero-order valence-corrected chi connectivity index (χ0v) is 16.1. The molecule has 0 radical (unpaired) electrons. The van der Waals surface area contributed by atoms with Gasteiger partial charge in [0.2, 0.25) is 5.92 Å². The number of aryl methyl sites for hydroxylation is 1. The molecule has 5 heteroatoms. The van der Waals surface area contributed by atoms with Gasteiger partial charge < -0.3 is 4.74 Å². The van der Waals surface area contributed by atoms with Crippen LogP contribution in [0.2, 0.25) is 0 Å². The Morgan fingerprint density at radius 2 is 1.88 bits per heavy atom. The predicted octanol–water partition coefficient (Wildman–Crippen LogP) is 4.74. The highest BCUT2D eigenvalue weighted by Gasteiger charge is 2.45. The van der Waals surface area contributed by atoms with Crippen LogP contribution in [-0.2, 0) is 16.0 Å². The van der Waals surface area contributed by atoms with Crippen molar-refractivity contribution in [3.8, 4) is 0 Å². The van der Waals surface area contributed by atoms with Crippen LogP contribution in [0, 0.1) is 5.92 Å². The third-order valence-electron chi connectivity index (χ3n) is 5.45. The summed E-state index contributed by atoms with van der Waals surface area (Å²) in [6, 6.07) is 9.91. The Morgan fingerprint density at radius 1 is 1.27 bits per heavy atom. The van der Waals surface area contributed by atoms with Crippen molar-refractivity contribution in [2.24, 2.45) is 5.92 Å². The molecule has 0 amide bonds. The molecule has 1 aliphatic rings. The van der Waals surface area contributed by atoms with Gasteiger partial charge in [-0.05, 0) is 44.1 Å². The summed E-state index contributed by atoms with van der Waals surface area (Å²) in [5, 5.41) is 3.45. The van der Waals surface area contributed by atoms with Gasteiger partial charge in [-0.1, -0.05) is 44.2 Å². The van der Waals surface area contributed by atoms with Gasteiger partial charge in [0, 0.05) is 18.9 Å². The fraction of sp³-hybridized carbons (Fsp3) is 0.667. The molecule has 3 nitrogen and oxygen atoms in total. The maximum Gasteiger partial charge on any atom is 0.326 e. The van der Waals surface area contributed by atoms with Crippen LogP contribution in [-0.4, -0.2) is 30.1 Å². The van der Waals surface area contributed by atoms with Crippen molar-refractivity contribution < 1.29 is 18.3 Å². The molecule has 26 heavy (non-hydrogen) atoms. The van der Waals surface area contributed by atoms with E-state index in [1.807, 2.05) is 44.2 Å². The smallest absolute Gasteiger partial charge is 0.326 e. The van der Waals surface area contributed by atoms with Gasteiger partial charge in [-0.2, -0.15) is 0 Å². The number of benzene rings is 1. The number of hydrogen-bond donors (Lipinski definition) is 1. The van der Waals surface area contributed by atoms with Crippen LogP contribution >= 0.6 is 0 Å². The van der Waals surface area contributed by atoms with Crippen molar-refractivity contribution in [3.63, 3.8) is 0 Å². The van der Waals surface area contributed by atoms with Crippen molar-refractivity contribution in [2.45, 2.75) is 76.8 Å². The van der Waals surface area contributed by atoms with Crippen LogP contribution in [0.5, 0.6) is 0 Å². The second-order valence-corrected chi connectivity index (χ2v) is 7.61. The highest BCUT2D eigenvalue weighted by Crippen LogP contribution is 2.35. The Kier molecular flexibility index (Phi) is 7.16. The van der Waals surface area contributed by atoms with E-state index >= 15 is 0 Å². The van der Waals surface area contributed by atoms with E-state index in [0.29, 0.717) is 25.9 Å². The van der Waals surface area contributed by atoms with Crippen molar-refractivity contribution >= 4 is 5.97 Å². The Labute approximate surface area is 155 Å². The van der Waals surface area contributed by atoms with E-state index in [9.17, 15) is 13.6 Å². The topological polar surface area (TPSA) is 38.3 Å². The van der Waals surface area contributed by atoms with Crippen molar-refractivity contribution in [1.82, 2.24) is 5.32 Å². The van der Waals surface area contributed by atoms with Crippen LogP contribution in [0.3, 0.4) is 0 Å². The molecular weight excluding hydrogens is 336 g/mol. The Hall–Kier alpha value is -1.49. The highest BCUT2D eigenvalue weighted by molar-refractivity contribution is 5.81. The first-order valence-corrected chi connectivity index (χ1v) is 9.66. The molecule has 0 saturated heterocycles. The second kappa shape index (κ2) is 8.94. The Balaban J connectivity index is 2.17. The number of hydrogen-bond acceptors (Lipinski definition) is 3. The average molecular weight is 367 g/mol. The molecule has 0 aliphatic heterocycles. The molecule has 1 atom stereocenters. The minimum absolute atomic E-state index is 0.00676. The number of alkyl halides is 2. The summed E-state index contributed by atoms with van der Waals surface area (Å²) < 4.78 is 32.4. The maximum absolute atomic E-state index is 13.5. The minimum atomic E-state index is -2.58. The maximum atomic E-state index is 13.5. The van der Waals surface area contributed by atoms with Gasteiger partial charge in [0.1, 0.15) is 5.54 Å². The molecule has 1 aliphatic carbocycles. The molecular formula is C21H31F2NO2. The summed E-state index contributed by atoms with van der Waals surface area (Å²) in [7, 11) is 0. The molecule has 0 aromatic heterocycles. The molecule has 1 N–H and O–H groups in total. The van der Waals surface area contributed by atoms with Crippen molar-refractivity contribution in [2.75, 3.05) is 6.61 Å². The minimum Gasteiger partial charge on any atom is -0.465 e.